The van der Waals surface area contributed by atoms with Crippen LogP contribution in [0.25, 0.3) is 0 Å². The molecule has 10 nitrogen and oxygen atoms in total. The first-order chi connectivity index (χ1) is 20.5. The molecule has 0 saturated carbocycles. The molecule has 2 unspecified atom stereocenters. The van der Waals surface area contributed by atoms with Crippen LogP contribution < -0.4 is 4.72 Å². The number of aromatic nitrogens is 3. The number of amides is 1. The molecule has 5 rings (SSSR count). The van der Waals surface area contributed by atoms with Crippen molar-refractivity contribution in [2.45, 2.75) is 57.2 Å². The zero-order chi connectivity index (χ0) is 30.8. The maximum atomic E-state index is 14.7. The Morgan fingerprint density at radius 2 is 1.84 bits per heavy atom. The summed E-state index contributed by atoms with van der Waals surface area (Å²) in [5.74, 6) is -2.29. The second kappa shape index (κ2) is 13.1. The van der Waals surface area contributed by atoms with Crippen molar-refractivity contribution in [2.24, 2.45) is 5.16 Å². The lowest BCUT2D eigenvalue weighted by Gasteiger charge is -2.31. The Bertz CT molecular complexity index is 1520. The average molecular weight is 651 g/mol. The number of carbonyl (C=O) groups is 1. The fraction of sp³-hybridized carbons (Fsp3) is 0.440. The van der Waals surface area contributed by atoms with E-state index >= 15 is 0 Å². The van der Waals surface area contributed by atoms with Gasteiger partial charge in [0.25, 0.3) is 12.9 Å². The molecular formula is C25H24F6N6O4S2. The Kier molecular flexibility index (Phi) is 9.48. The number of likely N-dealkylation sites (tertiary alicyclic amines) is 1. The SMILES string of the molecule is O=C(Cn1nc(C(F)F)cc1C(F)F)N1CCC(c2nc(C3=NOC(c4c(F)cc(CNS(=O)O)cc4F)C3)cs2)CC1. The maximum absolute atomic E-state index is 14.7. The second-order valence-corrected chi connectivity index (χ2v) is 11.5. The van der Waals surface area contributed by atoms with E-state index in [1.165, 1.54) is 16.2 Å². The van der Waals surface area contributed by atoms with Gasteiger partial charge in [0.2, 0.25) is 17.2 Å². The summed E-state index contributed by atoms with van der Waals surface area (Å²) in [7, 11) is 0. The molecule has 232 valence electrons. The van der Waals surface area contributed by atoms with E-state index in [1.54, 1.807) is 5.38 Å². The smallest absolute Gasteiger partial charge is 0.282 e. The number of hydrogen-bond acceptors (Lipinski definition) is 7. The maximum Gasteiger partial charge on any atom is 0.282 e. The number of benzene rings is 1. The summed E-state index contributed by atoms with van der Waals surface area (Å²) >= 11 is -0.977. The van der Waals surface area contributed by atoms with E-state index in [9.17, 15) is 35.3 Å². The van der Waals surface area contributed by atoms with Crippen LogP contribution in [0.3, 0.4) is 0 Å². The van der Waals surface area contributed by atoms with Crippen LogP contribution in [0.5, 0.6) is 0 Å². The van der Waals surface area contributed by atoms with Crippen LogP contribution in [0.1, 0.15) is 77.4 Å². The van der Waals surface area contributed by atoms with Gasteiger partial charge in [-0.1, -0.05) is 5.16 Å². The van der Waals surface area contributed by atoms with Crippen LogP contribution in [0, 0.1) is 11.6 Å². The molecule has 1 fully saturated rings. The van der Waals surface area contributed by atoms with Gasteiger partial charge in [0.1, 0.15) is 35.3 Å². The summed E-state index contributed by atoms with van der Waals surface area (Å²) < 4.78 is 104. The Hall–Kier alpha value is -3.35. The minimum absolute atomic E-state index is 0.0161. The number of oxime groups is 1. The highest BCUT2D eigenvalue weighted by Crippen LogP contribution is 2.36. The number of halogens is 6. The fourth-order valence-electron chi connectivity index (χ4n) is 4.95. The molecule has 2 N–H and O–H groups in total. The van der Waals surface area contributed by atoms with E-state index in [4.69, 9.17) is 9.39 Å². The first-order valence-electron chi connectivity index (χ1n) is 12.9. The van der Waals surface area contributed by atoms with Crippen LogP contribution in [0.15, 0.2) is 28.7 Å². The zero-order valence-corrected chi connectivity index (χ0v) is 23.7. The number of carbonyl (C=O) groups excluding carboxylic acids is 1. The molecule has 2 aliphatic rings. The van der Waals surface area contributed by atoms with Gasteiger partial charge in [0.05, 0.1) is 16.3 Å². The molecule has 2 aliphatic heterocycles. The average Bonchev–Trinajstić information content (AvgIpc) is 3.72. The van der Waals surface area contributed by atoms with Crippen molar-refractivity contribution >= 4 is 34.2 Å². The first kappa shape index (κ1) is 31.1. The minimum atomic E-state index is -3.06. The molecule has 1 aromatic carbocycles. The van der Waals surface area contributed by atoms with Gasteiger partial charge in [0.15, 0.2) is 6.10 Å². The van der Waals surface area contributed by atoms with Gasteiger partial charge in [-0.2, -0.15) is 5.10 Å². The number of nitrogens with one attached hydrogen (secondary N) is 1. The number of alkyl halides is 4. The Morgan fingerprint density at radius 1 is 1.14 bits per heavy atom. The van der Waals surface area contributed by atoms with E-state index in [-0.39, 0.29) is 30.0 Å². The van der Waals surface area contributed by atoms with Gasteiger partial charge >= 0.3 is 0 Å². The molecule has 4 heterocycles. The van der Waals surface area contributed by atoms with E-state index in [0.717, 1.165) is 17.1 Å². The van der Waals surface area contributed by atoms with E-state index in [2.05, 4.69) is 20.0 Å². The van der Waals surface area contributed by atoms with Gasteiger partial charge in [-0.15, -0.1) is 11.3 Å². The van der Waals surface area contributed by atoms with Crippen molar-refractivity contribution in [2.75, 3.05) is 13.1 Å². The van der Waals surface area contributed by atoms with Crippen molar-refractivity contribution in [3.05, 3.63) is 68.4 Å². The van der Waals surface area contributed by atoms with Gasteiger partial charge in [-0.05, 0) is 36.6 Å². The van der Waals surface area contributed by atoms with Crippen molar-refractivity contribution in [1.29, 1.82) is 0 Å². The molecule has 18 heteroatoms. The third-order valence-corrected chi connectivity index (χ3v) is 8.50. The van der Waals surface area contributed by atoms with Crippen LogP contribution in [0.4, 0.5) is 26.3 Å². The predicted molar refractivity (Wildman–Crippen MR) is 142 cm³/mol. The largest absolute Gasteiger partial charge is 0.387 e. The van der Waals surface area contributed by atoms with Crippen LogP contribution in [0.2, 0.25) is 0 Å². The molecule has 2 aromatic heterocycles. The van der Waals surface area contributed by atoms with Crippen molar-refractivity contribution < 1.29 is 44.7 Å². The monoisotopic (exact) mass is 650 g/mol. The Balaban J connectivity index is 1.16. The molecular weight excluding hydrogens is 626 g/mol. The van der Waals surface area contributed by atoms with Crippen molar-refractivity contribution in [1.82, 2.24) is 24.4 Å². The molecule has 43 heavy (non-hydrogen) atoms. The highest BCUT2D eigenvalue weighted by Gasteiger charge is 2.32. The van der Waals surface area contributed by atoms with Crippen LogP contribution in [-0.4, -0.2) is 53.1 Å². The second-order valence-electron chi connectivity index (χ2n) is 9.86. The summed E-state index contributed by atoms with van der Waals surface area (Å²) in [5, 5.41) is 9.95. The quantitative estimate of drug-likeness (QED) is 0.236. The summed E-state index contributed by atoms with van der Waals surface area (Å²) in [6, 6.07) is 2.69. The highest BCUT2D eigenvalue weighted by molar-refractivity contribution is 7.77. The minimum Gasteiger partial charge on any atom is -0.387 e. The number of nitrogens with zero attached hydrogens (tertiary/aromatic N) is 5. The molecule has 2 atom stereocenters. The standard InChI is InChI=1S/C25H24F6N6O4S2/c26-14-5-12(9-32-43(39)40)6-15(27)22(14)20-8-16(35-41-20)18-11-42-25(33-18)13-1-3-36(4-2-13)21(38)10-37-19(24(30)31)7-17(34-37)23(28)29/h5-7,11,13,20,23-24,32H,1-4,8-10H2,(H,39,40). The van der Waals surface area contributed by atoms with Gasteiger partial charge in [0, 0.05) is 37.4 Å². The van der Waals surface area contributed by atoms with E-state index in [0.29, 0.717) is 48.1 Å². The number of hydrogen-bond donors (Lipinski definition) is 2. The number of piperidine rings is 1. The Morgan fingerprint density at radius 3 is 2.47 bits per heavy atom. The molecule has 0 spiro atoms. The third-order valence-electron chi connectivity index (χ3n) is 7.11. The lowest BCUT2D eigenvalue weighted by molar-refractivity contribution is -0.133. The zero-order valence-electron chi connectivity index (χ0n) is 22.1. The number of rotatable bonds is 10. The predicted octanol–water partition coefficient (Wildman–Crippen LogP) is 4.99. The molecule has 0 radical (unpaired) electrons. The van der Waals surface area contributed by atoms with Gasteiger partial charge in [-0.3, -0.25) is 14.0 Å². The summed E-state index contributed by atoms with van der Waals surface area (Å²) in [4.78, 5) is 24.1. The van der Waals surface area contributed by atoms with Gasteiger partial charge < -0.3 is 9.74 Å². The summed E-state index contributed by atoms with van der Waals surface area (Å²) in [5.41, 5.74) is -0.853. The third kappa shape index (κ3) is 7.08. The molecule has 1 saturated heterocycles. The van der Waals surface area contributed by atoms with Gasteiger partial charge in [-0.25, -0.2) is 40.3 Å². The lowest BCUT2D eigenvalue weighted by atomic mass is 9.97. The molecule has 0 bridgehead atoms. The lowest BCUT2D eigenvalue weighted by Crippen LogP contribution is -2.40. The van der Waals surface area contributed by atoms with Crippen LogP contribution in [-0.2, 0) is 34.0 Å². The first-order valence-corrected chi connectivity index (χ1v) is 14.9. The highest BCUT2D eigenvalue weighted by atomic mass is 32.2. The summed E-state index contributed by atoms with van der Waals surface area (Å²) in [6.45, 7) is -0.194. The van der Waals surface area contributed by atoms with Crippen molar-refractivity contribution in [3.63, 3.8) is 0 Å². The van der Waals surface area contributed by atoms with E-state index < -0.39 is 65.7 Å². The fourth-order valence-corrected chi connectivity index (χ4v) is 6.24. The molecule has 3 aromatic rings. The molecule has 0 aliphatic carbocycles. The number of thiazole rings is 1. The van der Waals surface area contributed by atoms with E-state index in [1.807, 2.05) is 0 Å². The van der Waals surface area contributed by atoms with Crippen LogP contribution >= 0.6 is 11.3 Å². The summed E-state index contributed by atoms with van der Waals surface area (Å²) in [6.07, 6.45) is -6.02. The topological polar surface area (TPSA) is 122 Å². The normalized spacial score (nSPS) is 18.4. The Labute approximate surface area is 247 Å². The van der Waals surface area contributed by atoms with Crippen molar-refractivity contribution in [3.8, 4) is 0 Å². The molecule has 1 amide bonds.